The smallest absolute Gasteiger partial charge is 0.412 e. The van der Waals surface area contributed by atoms with Crippen LogP contribution in [-0.2, 0) is 0 Å². The van der Waals surface area contributed by atoms with E-state index in [9.17, 15) is 4.79 Å². The van der Waals surface area contributed by atoms with Crippen molar-refractivity contribution < 1.29 is 14.3 Å². The SMILES string of the molecule is CCCCCCCCNC(=O)Oc1ccc(OC)c(-c2cncc(-c3cccs3)c2)c1. The monoisotopic (exact) mass is 438 g/mol. The normalized spacial score (nSPS) is 10.6. The zero-order valence-corrected chi connectivity index (χ0v) is 19.0. The Kier molecular flexibility index (Phi) is 8.91. The number of thiophene rings is 1. The van der Waals surface area contributed by atoms with Gasteiger partial charge in [-0.25, -0.2) is 4.79 Å². The van der Waals surface area contributed by atoms with Gasteiger partial charge in [0.2, 0.25) is 0 Å². The third kappa shape index (κ3) is 6.82. The first-order valence-electron chi connectivity index (χ1n) is 10.8. The van der Waals surface area contributed by atoms with E-state index in [-0.39, 0.29) is 0 Å². The van der Waals surface area contributed by atoms with Gasteiger partial charge in [-0.1, -0.05) is 45.1 Å². The highest BCUT2D eigenvalue weighted by molar-refractivity contribution is 7.13. The number of aromatic nitrogens is 1. The van der Waals surface area contributed by atoms with Crippen LogP contribution in [-0.4, -0.2) is 24.7 Å². The molecule has 1 amide bonds. The van der Waals surface area contributed by atoms with Gasteiger partial charge in [-0.15, -0.1) is 11.3 Å². The molecular weight excluding hydrogens is 408 g/mol. The molecule has 0 saturated heterocycles. The zero-order valence-electron chi connectivity index (χ0n) is 18.2. The van der Waals surface area contributed by atoms with E-state index in [0.717, 1.165) is 34.4 Å². The standard InChI is InChI=1S/C25H30N2O3S/c1-3-4-5-6-7-8-13-27-25(28)30-21-11-12-23(29-2)22(16-21)19-15-20(18-26-17-19)24-10-9-14-31-24/h9-12,14-18H,3-8,13H2,1-2H3,(H,27,28). The van der Waals surface area contributed by atoms with Gasteiger partial charge in [0.1, 0.15) is 11.5 Å². The van der Waals surface area contributed by atoms with Crippen LogP contribution in [0, 0.1) is 0 Å². The van der Waals surface area contributed by atoms with E-state index < -0.39 is 6.09 Å². The number of benzene rings is 1. The maximum atomic E-state index is 12.2. The Labute approximate surface area is 188 Å². The van der Waals surface area contributed by atoms with Crippen LogP contribution in [0.2, 0.25) is 0 Å². The highest BCUT2D eigenvalue weighted by atomic mass is 32.1. The Morgan fingerprint density at radius 1 is 1.03 bits per heavy atom. The molecule has 0 atom stereocenters. The molecule has 0 aliphatic heterocycles. The molecule has 5 nitrogen and oxygen atoms in total. The van der Waals surface area contributed by atoms with Crippen LogP contribution >= 0.6 is 11.3 Å². The quantitative estimate of drug-likeness (QED) is 0.330. The lowest BCUT2D eigenvalue weighted by Gasteiger charge is -2.12. The van der Waals surface area contributed by atoms with Crippen LogP contribution in [0.3, 0.4) is 0 Å². The molecule has 0 aliphatic rings. The van der Waals surface area contributed by atoms with Crippen LogP contribution in [0.15, 0.2) is 54.2 Å². The summed E-state index contributed by atoms with van der Waals surface area (Å²) in [6.07, 6.45) is 10.3. The van der Waals surface area contributed by atoms with Gasteiger partial charge in [0, 0.05) is 40.5 Å². The number of hydrogen-bond acceptors (Lipinski definition) is 5. The van der Waals surface area contributed by atoms with Crippen LogP contribution in [0.25, 0.3) is 21.6 Å². The first kappa shape index (κ1) is 22.8. The molecule has 0 fully saturated rings. The molecule has 6 heteroatoms. The van der Waals surface area contributed by atoms with E-state index >= 15 is 0 Å². The fourth-order valence-electron chi connectivity index (χ4n) is 3.38. The lowest BCUT2D eigenvalue weighted by Crippen LogP contribution is -2.27. The van der Waals surface area contributed by atoms with Crippen molar-refractivity contribution in [3.05, 3.63) is 54.2 Å². The average Bonchev–Trinajstić information content (AvgIpc) is 3.34. The van der Waals surface area contributed by atoms with E-state index in [1.807, 2.05) is 29.8 Å². The lowest BCUT2D eigenvalue weighted by atomic mass is 10.0. The van der Waals surface area contributed by atoms with Crippen molar-refractivity contribution in [2.45, 2.75) is 45.4 Å². The Hall–Kier alpha value is -2.86. The minimum absolute atomic E-state index is 0.435. The van der Waals surface area contributed by atoms with Crippen LogP contribution in [0.4, 0.5) is 4.79 Å². The second-order valence-electron chi connectivity index (χ2n) is 7.39. The number of nitrogens with zero attached hydrogens (tertiary/aromatic N) is 1. The summed E-state index contributed by atoms with van der Waals surface area (Å²) in [4.78, 5) is 17.7. The minimum Gasteiger partial charge on any atom is -0.496 e. The summed E-state index contributed by atoms with van der Waals surface area (Å²) >= 11 is 1.67. The molecule has 0 radical (unpaired) electrons. The zero-order chi connectivity index (χ0) is 21.9. The second-order valence-corrected chi connectivity index (χ2v) is 8.33. The average molecular weight is 439 g/mol. The van der Waals surface area contributed by atoms with E-state index in [1.54, 1.807) is 30.7 Å². The van der Waals surface area contributed by atoms with Crippen LogP contribution < -0.4 is 14.8 Å². The van der Waals surface area contributed by atoms with Crippen molar-refractivity contribution in [2.75, 3.05) is 13.7 Å². The molecule has 0 aliphatic carbocycles. The molecule has 3 rings (SSSR count). The van der Waals surface area contributed by atoms with Crippen LogP contribution in [0.5, 0.6) is 11.5 Å². The maximum Gasteiger partial charge on any atom is 0.412 e. The van der Waals surface area contributed by atoms with Crippen molar-refractivity contribution in [1.29, 1.82) is 0 Å². The van der Waals surface area contributed by atoms with Crippen molar-refractivity contribution in [2.24, 2.45) is 0 Å². The number of nitrogens with one attached hydrogen (secondary N) is 1. The highest BCUT2D eigenvalue weighted by Gasteiger charge is 2.12. The molecule has 0 unspecified atom stereocenters. The van der Waals surface area contributed by atoms with E-state index in [1.165, 1.54) is 25.7 Å². The molecule has 3 aromatic rings. The number of rotatable bonds is 11. The predicted octanol–water partition coefficient (Wildman–Crippen LogP) is 6.93. The Morgan fingerprint density at radius 2 is 1.84 bits per heavy atom. The third-order valence-electron chi connectivity index (χ3n) is 5.04. The summed E-state index contributed by atoms with van der Waals surface area (Å²) in [5.41, 5.74) is 2.77. The summed E-state index contributed by atoms with van der Waals surface area (Å²) < 4.78 is 11.0. The Morgan fingerprint density at radius 3 is 2.61 bits per heavy atom. The van der Waals surface area contributed by atoms with Crippen molar-refractivity contribution >= 4 is 17.4 Å². The van der Waals surface area contributed by atoms with E-state index in [2.05, 4.69) is 29.4 Å². The first-order chi connectivity index (χ1) is 15.2. The number of carbonyl (C=O) groups excluding carboxylic acids is 1. The molecular formula is C25H30N2O3S. The molecule has 1 aromatic carbocycles. The summed E-state index contributed by atoms with van der Waals surface area (Å²) in [6.45, 7) is 2.83. The van der Waals surface area contributed by atoms with E-state index in [4.69, 9.17) is 9.47 Å². The summed E-state index contributed by atoms with van der Waals surface area (Å²) in [5.74, 6) is 1.17. The van der Waals surface area contributed by atoms with Gasteiger partial charge in [-0.05, 0) is 42.1 Å². The Bertz CT molecular complexity index is 957. The lowest BCUT2D eigenvalue weighted by molar-refractivity contribution is 0.200. The predicted molar refractivity (Wildman–Crippen MR) is 127 cm³/mol. The van der Waals surface area contributed by atoms with Crippen LogP contribution in [0.1, 0.15) is 45.4 Å². The molecule has 2 aromatic heterocycles. The van der Waals surface area contributed by atoms with Gasteiger partial charge in [0.25, 0.3) is 0 Å². The summed E-state index contributed by atoms with van der Waals surface area (Å²) in [7, 11) is 1.63. The number of ether oxygens (including phenoxy) is 2. The number of methoxy groups -OCH3 is 1. The van der Waals surface area contributed by atoms with Gasteiger partial charge >= 0.3 is 6.09 Å². The highest BCUT2D eigenvalue weighted by Crippen LogP contribution is 2.35. The molecule has 1 N–H and O–H groups in total. The molecule has 0 saturated carbocycles. The molecule has 0 spiro atoms. The third-order valence-corrected chi connectivity index (χ3v) is 5.96. The fourth-order valence-corrected chi connectivity index (χ4v) is 4.09. The fraction of sp³-hybridized carbons (Fsp3) is 0.360. The Balaban J connectivity index is 1.63. The number of pyridine rings is 1. The second kappa shape index (κ2) is 12.1. The number of unbranched alkanes of at least 4 members (excludes halogenated alkanes) is 5. The largest absolute Gasteiger partial charge is 0.496 e. The van der Waals surface area contributed by atoms with Crippen molar-refractivity contribution in [3.8, 4) is 33.1 Å². The summed E-state index contributed by atoms with van der Waals surface area (Å²) in [6, 6.07) is 11.5. The number of carbonyl (C=O) groups is 1. The topological polar surface area (TPSA) is 60.5 Å². The van der Waals surface area contributed by atoms with Gasteiger partial charge in [-0.2, -0.15) is 0 Å². The van der Waals surface area contributed by atoms with Crippen molar-refractivity contribution in [3.63, 3.8) is 0 Å². The van der Waals surface area contributed by atoms with Gasteiger partial charge in [-0.3, -0.25) is 4.98 Å². The molecule has 0 bridgehead atoms. The van der Waals surface area contributed by atoms with E-state index in [0.29, 0.717) is 18.0 Å². The summed E-state index contributed by atoms with van der Waals surface area (Å²) in [5, 5.41) is 4.88. The van der Waals surface area contributed by atoms with Gasteiger partial charge in [0.15, 0.2) is 0 Å². The number of hydrogen-bond donors (Lipinski definition) is 1. The van der Waals surface area contributed by atoms with Gasteiger partial charge in [0.05, 0.1) is 7.11 Å². The molecule has 31 heavy (non-hydrogen) atoms. The molecule has 164 valence electrons. The number of amides is 1. The minimum atomic E-state index is -0.435. The van der Waals surface area contributed by atoms with Crippen molar-refractivity contribution in [1.82, 2.24) is 10.3 Å². The van der Waals surface area contributed by atoms with Gasteiger partial charge < -0.3 is 14.8 Å². The first-order valence-corrected chi connectivity index (χ1v) is 11.7. The maximum absolute atomic E-state index is 12.2. The molecule has 2 heterocycles.